The number of rotatable bonds is 5. The Kier molecular flexibility index (Phi) is 5.06. The monoisotopic (exact) mass is 282 g/mol. The van der Waals surface area contributed by atoms with E-state index in [-0.39, 0.29) is 11.9 Å². The van der Waals surface area contributed by atoms with E-state index in [9.17, 15) is 13.6 Å². The number of primary amides is 1. The zero-order chi connectivity index (χ0) is 14.5. The number of likely N-dealkylation sites (tertiary alicyclic amines) is 1. The Morgan fingerprint density at radius 1 is 1.35 bits per heavy atom. The second-order valence-electron chi connectivity index (χ2n) is 5.34. The second-order valence-corrected chi connectivity index (χ2v) is 5.34. The van der Waals surface area contributed by atoms with Crippen LogP contribution in [0.3, 0.4) is 0 Å². The molecule has 1 fully saturated rings. The number of piperidine rings is 1. The van der Waals surface area contributed by atoms with Crippen molar-refractivity contribution >= 4 is 5.91 Å². The van der Waals surface area contributed by atoms with Gasteiger partial charge in [-0.3, -0.25) is 9.69 Å². The first kappa shape index (κ1) is 14.9. The van der Waals surface area contributed by atoms with Gasteiger partial charge >= 0.3 is 0 Å². The first-order valence-corrected chi connectivity index (χ1v) is 7.02. The molecule has 1 aliphatic rings. The van der Waals surface area contributed by atoms with Crippen LogP contribution in [0.4, 0.5) is 8.78 Å². The minimum absolute atomic E-state index is 0.157. The van der Waals surface area contributed by atoms with Crippen molar-refractivity contribution in [1.29, 1.82) is 0 Å². The average molecular weight is 282 g/mol. The SMILES string of the molecule is NC(=O)CC1CCCCN1CCc1ccc(F)cc1F. The summed E-state index contributed by atoms with van der Waals surface area (Å²) in [6, 6.07) is 3.82. The maximum atomic E-state index is 13.6. The summed E-state index contributed by atoms with van der Waals surface area (Å²) in [5.74, 6) is -1.36. The molecule has 1 atom stereocenters. The normalized spacial score (nSPS) is 20.0. The van der Waals surface area contributed by atoms with E-state index in [0.29, 0.717) is 24.9 Å². The molecular formula is C15H20F2N2O. The molecule has 0 aromatic heterocycles. The fourth-order valence-electron chi connectivity index (χ4n) is 2.81. The number of carbonyl (C=O) groups is 1. The number of hydrogen-bond acceptors (Lipinski definition) is 2. The molecule has 1 aliphatic heterocycles. The van der Waals surface area contributed by atoms with Crippen molar-refractivity contribution in [3.63, 3.8) is 0 Å². The largest absolute Gasteiger partial charge is 0.370 e. The maximum Gasteiger partial charge on any atom is 0.218 e. The summed E-state index contributed by atoms with van der Waals surface area (Å²) in [7, 11) is 0. The van der Waals surface area contributed by atoms with Gasteiger partial charge in [0.25, 0.3) is 0 Å². The van der Waals surface area contributed by atoms with Crippen molar-refractivity contribution in [3.05, 3.63) is 35.4 Å². The van der Waals surface area contributed by atoms with Crippen LogP contribution in [0.2, 0.25) is 0 Å². The summed E-state index contributed by atoms with van der Waals surface area (Å²) in [4.78, 5) is 13.3. The van der Waals surface area contributed by atoms with Gasteiger partial charge in [0, 0.05) is 25.1 Å². The Morgan fingerprint density at radius 3 is 2.85 bits per heavy atom. The van der Waals surface area contributed by atoms with Gasteiger partial charge in [0.2, 0.25) is 5.91 Å². The average Bonchev–Trinajstić information content (AvgIpc) is 2.39. The van der Waals surface area contributed by atoms with E-state index >= 15 is 0 Å². The van der Waals surface area contributed by atoms with Gasteiger partial charge in [0.1, 0.15) is 11.6 Å². The number of halogens is 2. The predicted octanol–water partition coefficient (Wildman–Crippen LogP) is 2.24. The summed E-state index contributed by atoms with van der Waals surface area (Å²) in [6.45, 7) is 1.57. The van der Waals surface area contributed by atoms with Crippen LogP contribution in [0.5, 0.6) is 0 Å². The maximum absolute atomic E-state index is 13.6. The van der Waals surface area contributed by atoms with Crippen LogP contribution in [0, 0.1) is 11.6 Å². The zero-order valence-electron chi connectivity index (χ0n) is 11.4. The smallest absolute Gasteiger partial charge is 0.218 e. The van der Waals surface area contributed by atoms with E-state index in [0.717, 1.165) is 31.9 Å². The lowest BCUT2D eigenvalue weighted by atomic mass is 9.98. The lowest BCUT2D eigenvalue weighted by Gasteiger charge is -2.35. The molecule has 1 aromatic rings. The van der Waals surface area contributed by atoms with E-state index in [4.69, 9.17) is 5.73 Å². The highest BCUT2D eigenvalue weighted by Crippen LogP contribution is 2.20. The Bertz CT molecular complexity index is 479. The van der Waals surface area contributed by atoms with Gasteiger partial charge in [-0.2, -0.15) is 0 Å². The number of nitrogens with zero attached hydrogens (tertiary/aromatic N) is 1. The third-order valence-electron chi connectivity index (χ3n) is 3.87. The Labute approximate surface area is 117 Å². The molecule has 110 valence electrons. The number of benzene rings is 1. The molecule has 5 heteroatoms. The van der Waals surface area contributed by atoms with Crippen LogP contribution in [0.1, 0.15) is 31.2 Å². The van der Waals surface area contributed by atoms with Gasteiger partial charge in [-0.25, -0.2) is 8.78 Å². The minimum atomic E-state index is -0.559. The molecule has 0 radical (unpaired) electrons. The molecule has 0 aliphatic carbocycles. The standard InChI is InChI=1S/C15H20F2N2O/c16-12-5-4-11(14(17)9-12)6-8-19-7-2-1-3-13(19)10-15(18)20/h4-5,9,13H,1-3,6-8,10H2,(H2,18,20). The van der Waals surface area contributed by atoms with Crippen LogP contribution >= 0.6 is 0 Å². The van der Waals surface area contributed by atoms with Crippen LogP contribution < -0.4 is 5.73 Å². The summed E-state index contributed by atoms with van der Waals surface area (Å²) in [6.07, 6.45) is 4.00. The second kappa shape index (κ2) is 6.79. The van der Waals surface area contributed by atoms with Crippen LogP contribution in [0.15, 0.2) is 18.2 Å². The zero-order valence-corrected chi connectivity index (χ0v) is 11.4. The highest BCUT2D eigenvalue weighted by Gasteiger charge is 2.23. The molecule has 1 heterocycles. The summed E-state index contributed by atoms with van der Waals surface area (Å²) < 4.78 is 26.4. The molecule has 1 saturated heterocycles. The van der Waals surface area contributed by atoms with Crippen LogP contribution in [-0.2, 0) is 11.2 Å². The predicted molar refractivity (Wildman–Crippen MR) is 73.1 cm³/mol. The van der Waals surface area contributed by atoms with E-state index in [1.54, 1.807) is 0 Å². The third kappa shape index (κ3) is 4.00. The molecule has 1 unspecified atom stereocenters. The summed E-state index contributed by atoms with van der Waals surface area (Å²) in [5.41, 5.74) is 5.78. The van der Waals surface area contributed by atoms with Gasteiger partial charge in [0.15, 0.2) is 0 Å². The topological polar surface area (TPSA) is 46.3 Å². The van der Waals surface area contributed by atoms with Crippen molar-refractivity contribution in [2.24, 2.45) is 5.73 Å². The number of carbonyl (C=O) groups excluding carboxylic acids is 1. The fraction of sp³-hybridized carbons (Fsp3) is 0.533. The molecule has 2 rings (SSSR count). The van der Waals surface area contributed by atoms with Gasteiger partial charge in [-0.05, 0) is 37.4 Å². The Balaban J connectivity index is 1.95. The Morgan fingerprint density at radius 2 is 2.15 bits per heavy atom. The number of hydrogen-bond donors (Lipinski definition) is 1. The highest BCUT2D eigenvalue weighted by molar-refractivity contribution is 5.74. The van der Waals surface area contributed by atoms with Gasteiger partial charge < -0.3 is 5.73 Å². The lowest BCUT2D eigenvalue weighted by Crippen LogP contribution is -2.42. The molecule has 1 amide bonds. The first-order chi connectivity index (χ1) is 9.56. The quantitative estimate of drug-likeness (QED) is 0.900. The van der Waals surface area contributed by atoms with Gasteiger partial charge in [0.05, 0.1) is 0 Å². The fourth-order valence-corrected chi connectivity index (χ4v) is 2.81. The number of nitrogens with two attached hydrogens (primary N) is 1. The molecule has 0 saturated carbocycles. The van der Waals surface area contributed by atoms with Crippen LogP contribution in [-0.4, -0.2) is 29.9 Å². The van der Waals surface area contributed by atoms with E-state index in [2.05, 4.69) is 4.90 Å². The first-order valence-electron chi connectivity index (χ1n) is 7.02. The van der Waals surface area contributed by atoms with E-state index < -0.39 is 11.6 Å². The molecule has 0 bridgehead atoms. The van der Waals surface area contributed by atoms with Gasteiger partial charge in [-0.15, -0.1) is 0 Å². The van der Waals surface area contributed by atoms with E-state index in [1.807, 2.05) is 0 Å². The van der Waals surface area contributed by atoms with Gasteiger partial charge in [-0.1, -0.05) is 12.5 Å². The van der Waals surface area contributed by atoms with Crippen molar-refractivity contribution in [2.75, 3.05) is 13.1 Å². The molecule has 0 spiro atoms. The summed E-state index contributed by atoms with van der Waals surface area (Å²) in [5, 5.41) is 0. The van der Waals surface area contributed by atoms with Crippen molar-refractivity contribution in [2.45, 2.75) is 38.1 Å². The number of amides is 1. The van der Waals surface area contributed by atoms with Crippen molar-refractivity contribution < 1.29 is 13.6 Å². The Hall–Kier alpha value is -1.49. The van der Waals surface area contributed by atoms with Crippen molar-refractivity contribution in [1.82, 2.24) is 4.90 Å². The molecule has 20 heavy (non-hydrogen) atoms. The molecule has 3 nitrogen and oxygen atoms in total. The van der Waals surface area contributed by atoms with E-state index in [1.165, 1.54) is 12.1 Å². The van der Waals surface area contributed by atoms with Crippen LogP contribution in [0.25, 0.3) is 0 Å². The lowest BCUT2D eigenvalue weighted by molar-refractivity contribution is -0.119. The molecular weight excluding hydrogens is 262 g/mol. The summed E-state index contributed by atoms with van der Waals surface area (Å²) >= 11 is 0. The molecule has 1 aromatic carbocycles. The highest BCUT2D eigenvalue weighted by atomic mass is 19.1. The minimum Gasteiger partial charge on any atom is -0.370 e. The van der Waals surface area contributed by atoms with Crippen molar-refractivity contribution in [3.8, 4) is 0 Å². The molecule has 2 N–H and O–H groups in total. The third-order valence-corrected chi connectivity index (χ3v) is 3.87.